The number of hydrogen-bond donors (Lipinski definition) is 1. The van der Waals surface area contributed by atoms with E-state index < -0.39 is 6.10 Å². The van der Waals surface area contributed by atoms with Crippen LogP contribution in [0, 0.1) is 46.3 Å². The topological polar surface area (TPSA) is 20.2 Å². The van der Waals surface area contributed by atoms with Gasteiger partial charge in [-0.05, 0) is 61.2 Å². The molecule has 0 saturated heterocycles. The average Bonchev–Trinajstić information content (AvgIpc) is 3.02. The van der Waals surface area contributed by atoms with Gasteiger partial charge >= 0.3 is 0 Å². The molecule has 0 aromatic heterocycles. The summed E-state index contributed by atoms with van der Waals surface area (Å²) >= 11 is 0. The molecule has 1 nitrogen and oxygen atoms in total. The molecule has 0 spiro atoms. The summed E-state index contributed by atoms with van der Waals surface area (Å²) in [6, 6.07) is 0. The number of aliphatic hydroxyl groups is 1. The molecule has 0 amide bonds. The zero-order valence-corrected chi connectivity index (χ0v) is 18.5. The molecule has 2 fully saturated rings. The molecule has 0 aromatic carbocycles. The Morgan fingerprint density at radius 1 is 1.00 bits per heavy atom. The van der Waals surface area contributed by atoms with Gasteiger partial charge in [0.25, 0.3) is 0 Å². The Morgan fingerprint density at radius 3 is 2.54 bits per heavy atom. The fourth-order valence-electron chi connectivity index (χ4n) is 6.91. The van der Waals surface area contributed by atoms with E-state index in [2.05, 4.69) is 64.7 Å². The third kappa shape index (κ3) is 3.04. The van der Waals surface area contributed by atoms with Gasteiger partial charge in [-0.25, -0.2) is 0 Å². The molecular formula is C27H38O. The zero-order chi connectivity index (χ0) is 20.1. The highest BCUT2D eigenvalue weighted by Crippen LogP contribution is 2.64. The minimum absolute atomic E-state index is 0.123. The largest absolute Gasteiger partial charge is 0.380 e. The van der Waals surface area contributed by atoms with E-state index in [9.17, 15) is 5.11 Å². The summed E-state index contributed by atoms with van der Waals surface area (Å²) in [5.74, 6) is 8.06. The van der Waals surface area contributed by atoms with Crippen molar-refractivity contribution in [1.82, 2.24) is 0 Å². The normalized spacial score (nSPS) is 38.8. The van der Waals surface area contributed by atoms with E-state index in [1.807, 2.05) is 0 Å². The lowest BCUT2D eigenvalue weighted by molar-refractivity contribution is 0.0968. The summed E-state index contributed by atoms with van der Waals surface area (Å²) in [5.41, 5.74) is 5.49. The fourth-order valence-corrected chi connectivity index (χ4v) is 6.91. The van der Waals surface area contributed by atoms with Gasteiger partial charge in [0.2, 0.25) is 0 Å². The monoisotopic (exact) mass is 378 g/mol. The van der Waals surface area contributed by atoms with Crippen LogP contribution in [0.5, 0.6) is 0 Å². The second-order valence-electron chi connectivity index (χ2n) is 10.6. The van der Waals surface area contributed by atoms with E-state index in [1.54, 1.807) is 11.1 Å². The van der Waals surface area contributed by atoms with E-state index >= 15 is 0 Å². The van der Waals surface area contributed by atoms with Crippen LogP contribution < -0.4 is 0 Å². The predicted molar refractivity (Wildman–Crippen MR) is 118 cm³/mol. The second kappa shape index (κ2) is 7.21. The number of aliphatic hydroxyl groups excluding tert-OH is 1. The van der Waals surface area contributed by atoms with Crippen LogP contribution in [0.1, 0.15) is 79.6 Å². The number of allylic oxidation sites excluding steroid dienone is 5. The first-order valence-corrected chi connectivity index (χ1v) is 11.6. The third-order valence-corrected chi connectivity index (χ3v) is 8.62. The van der Waals surface area contributed by atoms with Gasteiger partial charge < -0.3 is 5.11 Å². The van der Waals surface area contributed by atoms with Crippen molar-refractivity contribution in [2.45, 2.75) is 85.7 Å². The van der Waals surface area contributed by atoms with Crippen molar-refractivity contribution in [3.8, 4) is 11.8 Å². The molecule has 0 bridgehead atoms. The molecule has 1 N–H and O–H groups in total. The third-order valence-electron chi connectivity index (χ3n) is 8.62. The van der Waals surface area contributed by atoms with Gasteiger partial charge in [-0.15, -0.1) is 0 Å². The summed E-state index contributed by atoms with van der Waals surface area (Å²) in [6.45, 7) is 11.4. The maximum absolute atomic E-state index is 10.7. The standard InChI is InChI=1S/C27H38O/c1-18(2)9-14-25(28)19(3)22-12-13-23-21-11-10-20-8-6-7-16-26(20,4)24(21)15-17-27(22,23)5/h10-12,18-19,23-25,28H,6-8,13,15-17H2,1-5H3/t19-,23-,24-,25?,26-,27+/m0/s1. The highest BCUT2D eigenvalue weighted by Gasteiger charge is 2.54. The molecule has 1 heteroatoms. The summed E-state index contributed by atoms with van der Waals surface area (Å²) < 4.78 is 0. The quantitative estimate of drug-likeness (QED) is 0.432. The van der Waals surface area contributed by atoms with Gasteiger partial charge in [0, 0.05) is 11.8 Å². The van der Waals surface area contributed by atoms with Crippen LogP contribution in [-0.4, -0.2) is 11.2 Å². The molecule has 1 unspecified atom stereocenters. The maximum atomic E-state index is 10.7. The molecule has 152 valence electrons. The van der Waals surface area contributed by atoms with E-state index in [4.69, 9.17) is 0 Å². The summed E-state index contributed by atoms with van der Waals surface area (Å²) in [4.78, 5) is 0. The van der Waals surface area contributed by atoms with Crippen molar-refractivity contribution >= 4 is 0 Å². The van der Waals surface area contributed by atoms with Crippen molar-refractivity contribution < 1.29 is 5.11 Å². The Balaban J connectivity index is 1.60. The van der Waals surface area contributed by atoms with Gasteiger partial charge in [0.1, 0.15) is 6.10 Å². The van der Waals surface area contributed by atoms with E-state index in [-0.39, 0.29) is 11.3 Å². The van der Waals surface area contributed by atoms with Crippen molar-refractivity contribution in [2.24, 2.45) is 34.5 Å². The summed E-state index contributed by atoms with van der Waals surface area (Å²) in [6.07, 6.45) is 16.0. The molecule has 4 rings (SSSR count). The first-order valence-electron chi connectivity index (χ1n) is 11.6. The minimum Gasteiger partial charge on any atom is -0.380 e. The lowest BCUT2D eigenvalue weighted by Gasteiger charge is -2.54. The van der Waals surface area contributed by atoms with E-state index in [1.165, 1.54) is 44.1 Å². The van der Waals surface area contributed by atoms with Crippen molar-refractivity contribution in [1.29, 1.82) is 0 Å². The molecular weight excluding hydrogens is 340 g/mol. The van der Waals surface area contributed by atoms with Crippen LogP contribution in [-0.2, 0) is 0 Å². The summed E-state index contributed by atoms with van der Waals surface area (Å²) in [7, 11) is 0. The summed E-state index contributed by atoms with van der Waals surface area (Å²) in [5, 5.41) is 10.7. The molecule has 0 heterocycles. The number of hydrogen-bond acceptors (Lipinski definition) is 1. The van der Waals surface area contributed by atoms with Crippen molar-refractivity contribution in [3.63, 3.8) is 0 Å². The van der Waals surface area contributed by atoms with Crippen LogP contribution in [0.4, 0.5) is 0 Å². The Morgan fingerprint density at radius 2 is 1.79 bits per heavy atom. The first kappa shape index (κ1) is 20.0. The van der Waals surface area contributed by atoms with Gasteiger partial charge in [-0.2, -0.15) is 0 Å². The average molecular weight is 379 g/mol. The van der Waals surface area contributed by atoms with Crippen molar-refractivity contribution in [3.05, 3.63) is 34.9 Å². The maximum Gasteiger partial charge on any atom is 0.121 e. The Bertz CT molecular complexity index is 785. The minimum atomic E-state index is -0.551. The Hall–Kier alpha value is -1.26. The molecule has 2 saturated carbocycles. The van der Waals surface area contributed by atoms with Gasteiger partial charge in [0.15, 0.2) is 0 Å². The van der Waals surface area contributed by atoms with Gasteiger partial charge in [-0.3, -0.25) is 0 Å². The van der Waals surface area contributed by atoms with Crippen LogP contribution in [0.15, 0.2) is 34.9 Å². The van der Waals surface area contributed by atoms with Crippen molar-refractivity contribution in [2.75, 3.05) is 0 Å². The molecule has 0 aliphatic heterocycles. The first-order chi connectivity index (χ1) is 13.3. The van der Waals surface area contributed by atoms with Gasteiger partial charge in [-0.1, -0.05) is 87.8 Å². The molecule has 0 radical (unpaired) electrons. The predicted octanol–water partition coefficient (Wildman–Crippen LogP) is 6.45. The fraction of sp³-hybridized carbons (Fsp3) is 0.704. The van der Waals surface area contributed by atoms with Gasteiger partial charge in [0.05, 0.1) is 0 Å². The van der Waals surface area contributed by atoms with Crippen LogP contribution >= 0.6 is 0 Å². The number of fused-ring (bicyclic) bond motifs is 5. The smallest absolute Gasteiger partial charge is 0.121 e. The number of rotatable bonds is 2. The van der Waals surface area contributed by atoms with E-state index in [0.29, 0.717) is 17.3 Å². The highest BCUT2D eigenvalue weighted by atomic mass is 16.3. The molecule has 28 heavy (non-hydrogen) atoms. The lowest BCUT2D eigenvalue weighted by Crippen LogP contribution is -2.45. The Labute approximate surface area is 172 Å². The van der Waals surface area contributed by atoms with Crippen LogP contribution in [0.2, 0.25) is 0 Å². The van der Waals surface area contributed by atoms with Crippen LogP contribution in [0.3, 0.4) is 0 Å². The molecule has 6 atom stereocenters. The van der Waals surface area contributed by atoms with E-state index in [0.717, 1.165) is 12.3 Å². The zero-order valence-electron chi connectivity index (χ0n) is 18.5. The van der Waals surface area contributed by atoms with Crippen LogP contribution in [0.25, 0.3) is 0 Å². The highest BCUT2D eigenvalue weighted by molar-refractivity contribution is 5.42. The molecule has 4 aliphatic rings. The lowest BCUT2D eigenvalue weighted by atomic mass is 9.50. The Kier molecular flexibility index (Phi) is 5.16. The SMILES string of the molecule is CC(C)C#CC(O)[C@@H](C)C1=CC[C@H]2C3=CC=C4CCCC[C@]4(C)[C@H]3CC[C@]12C. The molecule has 0 aromatic rings. The second-order valence-corrected chi connectivity index (χ2v) is 10.6. The molecule has 4 aliphatic carbocycles.